The number of ether oxygens (including phenoxy) is 1. The van der Waals surface area contributed by atoms with Crippen LogP contribution in [0.3, 0.4) is 0 Å². The lowest BCUT2D eigenvalue weighted by atomic mass is 9.86. The number of benzene rings is 3. The number of carboxylic acid groups (broad SMARTS) is 1. The molecule has 1 heterocycles. The maximum absolute atomic E-state index is 12.5. The molecule has 6 heteroatoms. The van der Waals surface area contributed by atoms with E-state index >= 15 is 0 Å². The topological polar surface area (TPSA) is 79.7 Å². The highest BCUT2D eigenvalue weighted by atomic mass is 35.5. The van der Waals surface area contributed by atoms with Crippen molar-refractivity contribution in [1.29, 1.82) is 0 Å². The summed E-state index contributed by atoms with van der Waals surface area (Å²) < 4.78 is 6.08. The molecule has 38 heavy (non-hydrogen) atoms. The van der Waals surface area contributed by atoms with Crippen LogP contribution in [0.4, 0.5) is 0 Å². The summed E-state index contributed by atoms with van der Waals surface area (Å²) in [7, 11) is 0. The standard InChI is InChI=1S/C32H30ClNO4/c1-20-18-23-7-6-21(12-15-32(5,37)24-13-16-34-17-14-24)19-26(23)28(22-8-10-25(33)11-9-22)27(20)29(30(35)36)38-31(2,3)4/h6-11,13-14,16-19,29,37H,1-5H3,(H,35,36). The first-order chi connectivity index (χ1) is 17.9. The van der Waals surface area contributed by atoms with E-state index in [4.69, 9.17) is 16.3 Å². The molecule has 0 aliphatic carbocycles. The minimum absolute atomic E-state index is 0.580. The van der Waals surface area contributed by atoms with Crippen LogP contribution in [0.2, 0.25) is 5.02 Å². The van der Waals surface area contributed by atoms with Gasteiger partial charge in [-0.1, -0.05) is 47.7 Å². The van der Waals surface area contributed by atoms with Crippen molar-refractivity contribution in [1.82, 2.24) is 4.98 Å². The van der Waals surface area contributed by atoms with E-state index in [-0.39, 0.29) is 0 Å². The molecular formula is C32H30ClNO4. The summed E-state index contributed by atoms with van der Waals surface area (Å²) in [5.74, 6) is 4.99. The van der Waals surface area contributed by atoms with Gasteiger partial charge in [0.1, 0.15) is 5.60 Å². The van der Waals surface area contributed by atoms with Gasteiger partial charge in [-0.15, -0.1) is 0 Å². The molecule has 3 aromatic carbocycles. The van der Waals surface area contributed by atoms with Crippen molar-refractivity contribution in [2.45, 2.75) is 51.9 Å². The Hall–Kier alpha value is -3.69. The van der Waals surface area contributed by atoms with Crippen LogP contribution < -0.4 is 0 Å². The van der Waals surface area contributed by atoms with Crippen LogP contribution in [0.15, 0.2) is 73.1 Å². The number of hydrogen-bond acceptors (Lipinski definition) is 4. The number of aliphatic carboxylic acids is 1. The van der Waals surface area contributed by atoms with E-state index in [1.54, 1.807) is 43.6 Å². The first-order valence-electron chi connectivity index (χ1n) is 12.3. The Labute approximate surface area is 228 Å². The van der Waals surface area contributed by atoms with Gasteiger partial charge in [-0.2, -0.15) is 0 Å². The van der Waals surface area contributed by atoms with E-state index in [9.17, 15) is 15.0 Å². The second-order valence-electron chi connectivity index (χ2n) is 10.4. The van der Waals surface area contributed by atoms with Gasteiger partial charge in [0.15, 0.2) is 6.10 Å². The van der Waals surface area contributed by atoms with Crippen LogP contribution in [0, 0.1) is 18.8 Å². The second-order valence-corrected chi connectivity index (χ2v) is 10.9. The third-order valence-corrected chi connectivity index (χ3v) is 6.42. The van der Waals surface area contributed by atoms with E-state index in [1.807, 2.05) is 64.1 Å². The summed E-state index contributed by atoms with van der Waals surface area (Å²) in [5, 5.41) is 23.5. The molecule has 4 aromatic rings. The summed E-state index contributed by atoms with van der Waals surface area (Å²) in [4.78, 5) is 16.5. The number of fused-ring (bicyclic) bond motifs is 1. The minimum Gasteiger partial charge on any atom is -0.479 e. The van der Waals surface area contributed by atoms with Gasteiger partial charge in [-0.3, -0.25) is 4.98 Å². The highest BCUT2D eigenvalue weighted by Gasteiger charge is 2.31. The fourth-order valence-corrected chi connectivity index (χ4v) is 4.55. The van der Waals surface area contributed by atoms with E-state index in [0.29, 0.717) is 21.7 Å². The van der Waals surface area contributed by atoms with E-state index in [1.165, 1.54) is 0 Å². The zero-order chi connectivity index (χ0) is 27.7. The van der Waals surface area contributed by atoms with Crippen LogP contribution in [0.5, 0.6) is 0 Å². The quantitative estimate of drug-likeness (QED) is 0.271. The lowest BCUT2D eigenvalue weighted by Crippen LogP contribution is -2.28. The van der Waals surface area contributed by atoms with E-state index in [2.05, 4.69) is 16.8 Å². The van der Waals surface area contributed by atoms with Crippen LogP contribution in [-0.4, -0.2) is 26.8 Å². The van der Waals surface area contributed by atoms with E-state index in [0.717, 1.165) is 27.5 Å². The smallest absolute Gasteiger partial charge is 0.337 e. The molecule has 0 amide bonds. The third-order valence-electron chi connectivity index (χ3n) is 6.17. The van der Waals surface area contributed by atoms with Crippen molar-refractivity contribution >= 4 is 28.3 Å². The zero-order valence-corrected chi connectivity index (χ0v) is 22.8. The third kappa shape index (κ3) is 6.06. The summed E-state index contributed by atoms with van der Waals surface area (Å²) >= 11 is 6.18. The number of hydrogen-bond donors (Lipinski definition) is 2. The van der Waals surface area contributed by atoms with Gasteiger partial charge in [0.2, 0.25) is 0 Å². The summed E-state index contributed by atoms with van der Waals surface area (Å²) in [6.45, 7) is 9.05. The normalized spacial score (nSPS) is 13.9. The highest BCUT2D eigenvalue weighted by Crippen LogP contribution is 2.41. The Kier molecular flexibility index (Phi) is 7.62. The summed E-state index contributed by atoms with van der Waals surface area (Å²) in [6.07, 6.45) is 2.04. The highest BCUT2D eigenvalue weighted by molar-refractivity contribution is 6.30. The molecule has 2 unspecified atom stereocenters. The van der Waals surface area contributed by atoms with E-state index < -0.39 is 23.3 Å². The van der Waals surface area contributed by atoms with Gasteiger partial charge in [-0.05, 0) is 104 Å². The number of pyridine rings is 1. The zero-order valence-electron chi connectivity index (χ0n) is 22.0. The van der Waals surface area contributed by atoms with Gasteiger partial charge >= 0.3 is 5.97 Å². The first-order valence-corrected chi connectivity index (χ1v) is 12.6. The predicted molar refractivity (Wildman–Crippen MR) is 151 cm³/mol. The average Bonchev–Trinajstić information content (AvgIpc) is 2.86. The van der Waals surface area contributed by atoms with Crippen LogP contribution in [0.1, 0.15) is 56.1 Å². The molecule has 0 spiro atoms. The lowest BCUT2D eigenvalue weighted by molar-refractivity contribution is -0.160. The van der Waals surface area contributed by atoms with Gasteiger partial charge < -0.3 is 14.9 Å². The van der Waals surface area contributed by atoms with Gasteiger partial charge in [0, 0.05) is 28.5 Å². The summed E-state index contributed by atoms with van der Waals surface area (Å²) in [5.41, 5.74) is 2.21. The summed E-state index contributed by atoms with van der Waals surface area (Å²) in [6, 6.07) is 18.5. The van der Waals surface area contributed by atoms with Crippen molar-refractivity contribution in [2.24, 2.45) is 0 Å². The van der Waals surface area contributed by atoms with Crippen molar-refractivity contribution in [2.75, 3.05) is 0 Å². The van der Waals surface area contributed by atoms with Crippen molar-refractivity contribution in [3.63, 3.8) is 0 Å². The molecule has 0 radical (unpaired) electrons. The number of halogens is 1. The van der Waals surface area contributed by atoms with Gasteiger partial charge in [0.05, 0.1) is 5.60 Å². The van der Waals surface area contributed by atoms with Crippen LogP contribution in [0.25, 0.3) is 21.9 Å². The molecule has 0 saturated heterocycles. The van der Waals surface area contributed by atoms with Crippen molar-refractivity contribution in [3.8, 4) is 23.0 Å². The average molecular weight is 528 g/mol. The minimum atomic E-state index is -1.37. The Morgan fingerprint density at radius 2 is 1.66 bits per heavy atom. The largest absolute Gasteiger partial charge is 0.479 e. The molecule has 2 N–H and O–H groups in total. The van der Waals surface area contributed by atoms with Crippen molar-refractivity contribution in [3.05, 3.63) is 100 Å². The number of aryl methyl sites for hydroxylation is 1. The molecule has 0 aliphatic heterocycles. The molecule has 0 aliphatic rings. The maximum atomic E-state index is 12.5. The molecule has 2 atom stereocenters. The number of carbonyl (C=O) groups is 1. The predicted octanol–water partition coefficient (Wildman–Crippen LogP) is 7.06. The molecule has 0 saturated carbocycles. The number of aromatic nitrogens is 1. The van der Waals surface area contributed by atoms with Crippen molar-refractivity contribution < 1.29 is 19.7 Å². The molecule has 1 aromatic heterocycles. The SMILES string of the molecule is Cc1cc2ccc(C#CC(C)(O)c3ccncc3)cc2c(-c2ccc(Cl)cc2)c1C(OC(C)(C)C)C(=O)O. The Morgan fingerprint density at radius 3 is 2.26 bits per heavy atom. The molecule has 5 nitrogen and oxygen atoms in total. The van der Waals surface area contributed by atoms with Gasteiger partial charge in [0.25, 0.3) is 0 Å². The second kappa shape index (κ2) is 10.6. The Bertz CT molecular complexity index is 1540. The van der Waals surface area contributed by atoms with Crippen LogP contribution >= 0.6 is 11.6 Å². The maximum Gasteiger partial charge on any atom is 0.337 e. The number of aliphatic hydroxyl groups is 1. The molecular weight excluding hydrogens is 498 g/mol. The fraction of sp³-hybridized carbons (Fsp3) is 0.250. The number of nitrogens with zero attached hydrogens (tertiary/aromatic N) is 1. The Balaban J connectivity index is 1.96. The molecule has 0 bridgehead atoms. The monoisotopic (exact) mass is 527 g/mol. The van der Waals surface area contributed by atoms with Gasteiger partial charge in [-0.25, -0.2) is 4.79 Å². The lowest BCUT2D eigenvalue weighted by Gasteiger charge is -2.28. The fourth-order valence-electron chi connectivity index (χ4n) is 4.42. The first kappa shape index (κ1) is 27.3. The van der Waals surface area contributed by atoms with Crippen LogP contribution in [-0.2, 0) is 15.1 Å². The molecule has 194 valence electrons. The number of carboxylic acids is 1. The molecule has 4 rings (SSSR count). The number of rotatable bonds is 5. The Morgan fingerprint density at radius 1 is 1.00 bits per heavy atom. The molecule has 0 fully saturated rings.